The molecule has 0 aliphatic carbocycles. The number of amides is 1. The van der Waals surface area contributed by atoms with Gasteiger partial charge in [-0.3, -0.25) is 4.79 Å². The molecule has 1 saturated heterocycles. The van der Waals surface area contributed by atoms with Crippen LogP contribution in [0.3, 0.4) is 0 Å². The number of aryl methyl sites for hydroxylation is 1. The van der Waals surface area contributed by atoms with Gasteiger partial charge in [0.15, 0.2) is 0 Å². The highest BCUT2D eigenvalue weighted by molar-refractivity contribution is 7.80. The molecule has 0 spiro atoms. The minimum Gasteiger partial charge on any atom is -0.389 e. The van der Waals surface area contributed by atoms with Crippen LogP contribution in [0.5, 0.6) is 0 Å². The summed E-state index contributed by atoms with van der Waals surface area (Å²) in [5.74, 6) is 0.263. The number of hydrogen-bond acceptors (Lipinski definition) is 2. The Hall–Kier alpha value is -1.42. The Bertz CT molecular complexity index is 485. The predicted octanol–water partition coefficient (Wildman–Crippen LogP) is 2.14. The third-order valence-corrected chi connectivity index (χ3v) is 3.65. The molecule has 1 heterocycles. The van der Waals surface area contributed by atoms with Crippen LogP contribution in [0.2, 0.25) is 0 Å². The Labute approximate surface area is 113 Å². The molecule has 2 N–H and O–H groups in total. The monoisotopic (exact) mass is 262 g/mol. The van der Waals surface area contributed by atoms with Gasteiger partial charge in [0.25, 0.3) is 0 Å². The van der Waals surface area contributed by atoms with E-state index >= 15 is 0 Å². The molecule has 0 unspecified atom stereocenters. The molecule has 2 rings (SSSR count). The van der Waals surface area contributed by atoms with Crippen molar-refractivity contribution in [3.05, 3.63) is 34.9 Å². The zero-order valence-electron chi connectivity index (χ0n) is 10.6. The number of nitrogens with two attached hydrogens (primary N) is 1. The third-order valence-electron chi connectivity index (χ3n) is 3.41. The first-order valence-electron chi connectivity index (χ1n) is 6.25. The number of benzene rings is 1. The number of thiocarbonyl (C=S) groups is 1. The van der Waals surface area contributed by atoms with Gasteiger partial charge in [-0.05, 0) is 37.0 Å². The highest BCUT2D eigenvalue weighted by Gasteiger charge is 2.18. The van der Waals surface area contributed by atoms with Crippen molar-refractivity contribution in [2.45, 2.75) is 32.7 Å². The average Bonchev–Trinajstić information content (AvgIpc) is 2.34. The van der Waals surface area contributed by atoms with Gasteiger partial charge in [0, 0.05) is 25.1 Å². The van der Waals surface area contributed by atoms with Gasteiger partial charge >= 0.3 is 0 Å². The molecule has 1 aliphatic rings. The van der Waals surface area contributed by atoms with Crippen LogP contribution in [-0.2, 0) is 11.3 Å². The average molecular weight is 262 g/mol. The normalized spacial score (nSPS) is 15.8. The van der Waals surface area contributed by atoms with Crippen molar-refractivity contribution in [2.75, 3.05) is 6.54 Å². The maximum absolute atomic E-state index is 11.8. The number of piperidine rings is 1. The molecule has 1 aliphatic heterocycles. The van der Waals surface area contributed by atoms with E-state index in [2.05, 4.69) is 0 Å². The van der Waals surface area contributed by atoms with Crippen LogP contribution in [0, 0.1) is 6.92 Å². The smallest absolute Gasteiger partial charge is 0.222 e. The van der Waals surface area contributed by atoms with Crippen LogP contribution in [0.25, 0.3) is 0 Å². The SMILES string of the molecule is Cc1cc(C(N)=S)ccc1CN1CCCCC1=O. The van der Waals surface area contributed by atoms with Crippen LogP contribution in [0.1, 0.15) is 36.0 Å². The molecule has 0 aromatic heterocycles. The largest absolute Gasteiger partial charge is 0.389 e. The van der Waals surface area contributed by atoms with Gasteiger partial charge in [-0.15, -0.1) is 0 Å². The van der Waals surface area contributed by atoms with Gasteiger partial charge in [0.1, 0.15) is 4.99 Å². The molecular weight excluding hydrogens is 244 g/mol. The molecule has 18 heavy (non-hydrogen) atoms. The molecule has 0 atom stereocenters. The first kappa shape index (κ1) is 13.0. The molecule has 3 nitrogen and oxygen atoms in total. The zero-order chi connectivity index (χ0) is 13.1. The Kier molecular flexibility index (Phi) is 3.97. The topological polar surface area (TPSA) is 46.3 Å². The maximum Gasteiger partial charge on any atom is 0.222 e. The van der Waals surface area contributed by atoms with Crippen molar-refractivity contribution in [3.8, 4) is 0 Å². The van der Waals surface area contributed by atoms with Crippen molar-refractivity contribution >= 4 is 23.1 Å². The Balaban J connectivity index is 2.14. The van der Waals surface area contributed by atoms with E-state index in [0.29, 0.717) is 18.0 Å². The lowest BCUT2D eigenvalue weighted by Gasteiger charge is -2.27. The Morgan fingerprint density at radius 3 is 2.83 bits per heavy atom. The summed E-state index contributed by atoms with van der Waals surface area (Å²) < 4.78 is 0. The summed E-state index contributed by atoms with van der Waals surface area (Å²) >= 11 is 4.96. The lowest BCUT2D eigenvalue weighted by molar-refractivity contribution is -0.133. The first-order valence-corrected chi connectivity index (χ1v) is 6.66. The highest BCUT2D eigenvalue weighted by Crippen LogP contribution is 2.17. The predicted molar refractivity (Wildman–Crippen MR) is 76.3 cm³/mol. The second-order valence-electron chi connectivity index (χ2n) is 4.78. The molecule has 1 fully saturated rings. The van der Waals surface area contributed by atoms with E-state index in [-0.39, 0.29) is 5.91 Å². The summed E-state index contributed by atoms with van der Waals surface area (Å²) in [5.41, 5.74) is 8.80. The minimum atomic E-state index is 0.263. The van der Waals surface area contributed by atoms with Crippen LogP contribution in [0.4, 0.5) is 0 Å². The fraction of sp³-hybridized carbons (Fsp3) is 0.429. The van der Waals surface area contributed by atoms with Gasteiger partial charge in [-0.1, -0.05) is 24.4 Å². The van der Waals surface area contributed by atoms with Crippen LogP contribution in [0.15, 0.2) is 18.2 Å². The summed E-state index contributed by atoms with van der Waals surface area (Å²) in [6, 6.07) is 5.94. The Morgan fingerprint density at radius 1 is 1.44 bits per heavy atom. The number of carbonyl (C=O) groups excluding carboxylic acids is 1. The number of rotatable bonds is 3. The quantitative estimate of drug-likeness (QED) is 0.849. The first-order chi connectivity index (χ1) is 8.58. The molecule has 1 aromatic carbocycles. The highest BCUT2D eigenvalue weighted by atomic mass is 32.1. The van der Waals surface area contributed by atoms with Gasteiger partial charge in [0.05, 0.1) is 0 Å². The second-order valence-corrected chi connectivity index (χ2v) is 5.22. The van der Waals surface area contributed by atoms with Crippen molar-refractivity contribution in [2.24, 2.45) is 5.73 Å². The molecule has 1 amide bonds. The fourth-order valence-corrected chi connectivity index (χ4v) is 2.39. The summed E-state index contributed by atoms with van der Waals surface area (Å²) in [6.45, 7) is 3.60. The molecule has 0 saturated carbocycles. The van der Waals surface area contributed by atoms with Crippen molar-refractivity contribution in [1.82, 2.24) is 4.90 Å². The summed E-state index contributed by atoms with van der Waals surface area (Å²) in [7, 11) is 0. The maximum atomic E-state index is 11.8. The second kappa shape index (κ2) is 5.48. The van der Waals surface area contributed by atoms with Gasteiger partial charge in [-0.2, -0.15) is 0 Å². The van der Waals surface area contributed by atoms with Crippen LogP contribution >= 0.6 is 12.2 Å². The molecule has 0 bridgehead atoms. The molecule has 4 heteroatoms. The lowest BCUT2D eigenvalue weighted by atomic mass is 10.0. The fourth-order valence-electron chi connectivity index (χ4n) is 2.26. The standard InChI is InChI=1S/C14H18N2OS/c1-10-8-11(14(15)18)5-6-12(10)9-16-7-3-2-4-13(16)17/h5-6,8H,2-4,7,9H2,1H3,(H2,15,18). The number of hydrogen-bond donors (Lipinski definition) is 1. The molecule has 0 radical (unpaired) electrons. The summed E-state index contributed by atoms with van der Waals surface area (Å²) in [5, 5.41) is 0. The van der Waals surface area contributed by atoms with Crippen molar-refractivity contribution < 1.29 is 4.79 Å². The van der Waals surface area contributed by atoms with Gasteiger partial charge < -0.3 is 10.6 Å². The van der Waals surface area contributed by atoms with E-state index in [1.807, 2.05) is 30.0 Å². The van der Waals surface area contributed by atoms with Gasteiger partial charge in [-0.25, -0.2) is 0 Å². The van der Waals surface area contributed by atoms with Crippen LogP contribution < -0.4 is 5.73 Å². The van der Waals surface area contributed by atoms with Crippen LogP contribution in [-0.4, -0.2) is 22.3 Å². The van der Waals surface area contributed by atoms with E-state index in [4.69, 9.17) is 18.0 Å². The van der Waals surface area contributed by atoms with Crippen molar-refractivity contribution in [3.63, 3.8) is 0 Å². The minimum absolute atomic E-state index is 0.263. The van der Waals surface area contributed by atoms with E-state index in [9.17, 15) is 4.79 Å². The number of carbonyl (C=O) groups is 1. The number of nitrogens with zero attached hydrogens (tertiary/aromatic N) is 1. The summed E-state index contributed by atoms with van der Waals surface area (Å²) in [6.07, 6.45) is 2.81. The lowest BCUT2D eigenvalue weighted by Crippen LogP contribution is -2.34. The van der Waals surface area contributed by atoms with Gasteiger partial charge in [0.2, 0.25) is 5.91 Å². The van der Waals surface area contributed by atoms with E-state index in [1.54, 1.807) is 0 Å². The number of likely N-dealkylation sites (tertiary alicyclic amines) is 1. The van der Waals surface area contributed by atoms with E-state index in [1.165, 1.54) is 5.56 Å². The molecule has 1 aromatic rings. The zero-order valence-corrected chi connectivity index (χ0v) is 11.4. The summed E-state index contributed by atoms with van der Waals surface area (Å²) in [4.78, 5) is 14.1. The molecular formula is C14H18N2OS. The molecule has 96 valence electrons. The Morgan fingerprint density at radius 2 is 2.22 bits per heavy atom. The van der Waals surface area contributed by atoms with Crippen molar-refractivity contribution in [1.29, 1.82) is 0 Å². The van der Waals surface area contributed by atoms with E-state index < -0.39 is 0 Å². The third kappa shape index (κ3) is 2.88. The van der Waals surface area contributed by atoms with E-state index in [0.717, 1.165) is 30.5 Å².